The Morgan fingerprint density at radius 2 is 2.32 bits per heavy atom. The van der Waals surface area contributed by atoms with Crippen LogP contribution in [0, 0.1) is 5.82 Å². The van der Waals surface area contributed by atoms with Crippen LogP contribution in [0.25, 0.3) is 0 Å². The number of nitrogens with two attached hydrogens (primary N) is 1. The molecular weight excluding hydrogens is 267 g/mol. The molecule has 2 rings (SSSR count). The summed E-state index contributed by atoms with van der Waals surface area (Å²) in [7, 11) is 0. The molecule has 19 heavy (non-hydrogen) atoms. The third kappa shape index (κ3) is 2.71. The van der Waals surface area contributed by atoms with Crippen molar-refractivity contribution < 1.29 is 4.39 Å². The Bertz CT molecular complexity index is 635. The average Bonchev–Trinajstić information content (AvgIpc) is 2.72. The first-order valence-corrected chi connectivity index (χ1v) is 6.73. The van der Waals surface area contributed by atoms with E-state index >= 15 is 0 Å². The summed E-state index contributed by atoms with van der Waals surface area (Å²) >= 11 is 1.11. The number of halogens is 1. The molecule has 0 amide bonds. The molecule has 0 aliphatic heterocycles. The number of hydrogen-bond donors (Lipinski definition) is 2. The number of H-pyrrole nitrogens is 1. The van der Waals surface area contributed by atoms with Gasteiger partial charge in [-0.3, -0.25) is 4.57 Å². The predicted molar refractivity (Wildman–Crippen MR) is 71.6 cm³/mol. The molecule has 0 radical (unpaired) electrons. The minimum absolute atomic E-state index is 0.293. The first-order valence-electron chi connectivity index (χ1n) is 5.91. The molecule has 1 atom stereocenters. The molecule has 0 bridgehead atoms. The third-order valence-corrected chi connectivity index (χ3v) is 3.85. The van der Waals surface area contributed by atoms with Crippen molar-refractivity contribution >= 4 is 11.8 Å². The highest BCUT2D eigenvalue weighted by molar-refractivity contribution is 7.99. The first kappa shape index (κ1) is 13.8. The first-order chi connectivity index (χ1) is 9.04. The molecule has 0 spiro atoms. The summed E-state index contributed by atoms with van der Waals surface area (Å²) in [6.07, 6.45) is 0. The zero-order valence-corrected chi connectivity index (χ0v) is 11.5. The average molecular weight is 282 g/mol. The minimum atomic E-state index is -0.363. The fourth-order valence-corrected chi connectivity index (χ4v) is 2.88. The van der Waals surface area contributed by atoms with Crippen molar-refractivity contribution in [3.8, 4) is 0 Å². The molecule has 7 heteroatoms. The van der Waals surface area contributed by atoms with Crippen LogP contribution < -0.4 is 11.4 Å². The van der Waals surface area contributed by atoms with Gasteiger partial charge in [0.1, 0.15) is 5.82 Å². The van der Waals surface area contributed by atoms with Crippen LogP contribution in [0.2, 0.25) is 0 Å². The highest BCUT2D eigenvalue weighted by Gasteiger charge is 2.16. The van der Waals surface area contributed by atoms with Crippen molar-refractivity contribution in [3.05, 3.63) is 40.1 Å². The molecule has 0 fully saturated rings. The van der Waals surface area contributed by atoms with Gasteiger partial charge in [-0.15, -0.1) is 5.10 Å². The number of rotatable bonds is 4. The largest absolute Gasteiger partial charge is 0.343 e. The Balaban J connectivity index is 2.46. The van der Waals surface area contributed by atoms with Gasteiger partial charge in [0.15, 0.2) is 5.16 Å². The lowest BCUT2D eigenvalue weighted by Crippen LogP contribution is -2.16. The summed E-state index contributed by atoms with van der Waals surface area (Å²) < 4.78 is 15.4. The molecule has 0 aliphatic carbocycles. The smallest absolute Gasteiger partial charge is 0.324 e. The molecule has 0 aliphatic rings. The summed E-state index contributed by atoms with van der Waals surface area (Å²) in [5, 5.41) is 6.69. The van der Waals surface area contributed by atoms with Crippen molar-refractivity contribution in [2.24, 2.45) is 5.73 Å². The van der Waals surface area contributed by atoms with Crippen molar-refractivity contribution in [2.75, 3.05) is 0 Å². The Hall–Kier alpha value is -1.60. The third-order valence-electron chi connectivity index (χ3n) is 2.72. The highest BCUT2D eigenvalue weighted by Crippen LogP contribution is 2.33. The summed E-state index contributed by atoms with van der Waals surface area (Å²) in [6, 6.07) is 4.47. The van der Waals surface area contributed by atoms with Gasteiger partial charge in [-0.05, 0) is 37.2 Å². The predicted octanol–water partition coefficient (Wildman–Crippen LogP) is 1.90. The number of hydrogen-bond acceptors (Lipinski definition) is 4. The molecule has 1 heterocycles. The molecule has 3 N–H and O–H groups in total. The van der Waals surface area contributed by atoms with Gasteiger partial charge in [0.2, 0.25) is 0 Å². The quantitative estimate of drug-likeness (QED) is 0.898. The second-order valence-electron chi connectivity index (χ2n) is 4.10. The van der Waals surface area contributed by atoms with Crippen molar-refractivity contribution in [1.29, 1.82) is 0 Å². The minimum Gasteiger partial charge on any atom is -0.324 e. The molecule has 5 nitrogen and oxygen atoms in total. The highest BCUT2D eigenvalue weighted by atomic mass is 32.2. The maximum atomic E-state index is 13.9. The molecule has 0 saturated carbocycles. The van der Waals surface area contributed by atoms with Crippen LogP contribution >= 0.6 is 11.8 Å². The van der Waals surface area contributed by atoms with E-state index in [1.807, 2.05) is 6.92 Å². The van der Waals surface area contributed by atoms with E-state index in [-0.39, 0.29) is 17.5 Å². The Morgan fingerprint density at radius 1 is 1.58 bits per heavy atom. The molecule has 1 aromatic heterocycles. The van der Waals surface area contributed by atoms with E-state index in [0.29, 0.717) is 22.2 Å². The van der Waals surface area contributed by atoms with Crippen molar-refractivity contribution in [3.63, 3.8) is 0 Å². The summed E-state index contributed by atoms with van der Waals surface area (Å²) in [6.45, 7) is 4.09. The van der Waals surface area contributed by atoms with Crippen LogP contribution in [0.4, 0.5) is 4.39 Å². The fourth-order valence-electron chi connectivity index (χ4n) is 1.74. The van der Waals surface area contributed by atoms with Crippen molar-refractivity contribution in [2.45, 2.75) is 36.5 Å². The van der Waals surface area contributed by atoms with Gasteiger partial charge in [0.05, 0.1) is 4.90 Å². The van der Waals surface area contributed by atoms with Gasteiger partial charge in [0, 0.05) is 12.6 Å². The summed E-state index contributed by atoms with van der Waals surface area (Å²) in [5.74, 6) is -0.363. The van der Waals surface area contributed by atoms with E-state index in [0.717, 1.165) is 11.8 Å². The van der Waals surface area contributed by atoms with Gasteiger partial charge >= 0.3 is 5.69 Å². The fraction of sp³-hybridized carbons (Fsp3) is 0.333. The van der Waals surface area contributed by atoms with E-state index in [1.165, 1.54) is 10.6 Å². The van der Waals surface area contributed by atoms with Crippen LogP contribution in [-0.2, 0) is 6.54 Å². The molecule has 102 valence electrons. The SMILES string of the molecule is CCn1c(Sc2c(F)cccc2C(C)N)n[nH]c1=O. The normalized spacial score (nSPS) is 12.6. The zero-order chi connectivity index (χ0) is 14.0. The maximum Gasteiger partial charge on any atom is 0.343 e. The van der Waals surface area contributed by atoms with E-state index in [9.17, 15) is 9.18 Å². The molecule has 1 unspecified atom stereocenters. The zero-order valence-electron chi connectivity index (χ0n) is 10.7. The molecule has 0 saturated heterocycles. The summed E-state index contributed by atoms with van der Waals surface area (Å²) in [5.41, 5.74) is 6.23. The van der Waals surface area contributed by atoms with Crippen LogP contribution in [0.1, 0.15) is 25.5 Å². The topological polar surface area (TPSA) is 76.7 Å². The van der Waals surface area contributed by atoms with Gasteiger partial charge in [-0.1, -0.05) is 12.1 Å². The van der Waals surface area contributed by atoms with Gasteiger partial charge in [-0.25, -0.2) is 14.3 Å². The van der Waals surface area contributed by atoms with E-state index in [1.54, 1.807) is 19.1 Å². The van der Waals surface area contributed by atoms with Gasteiger partial charge < -0.3 is 5.73 Å². The van der Waals surface area contributed by atoms with E-state index in [2.05, 4.69) is 10.2 Å². The Kier molecular flexibility index (Phi) is 4.06. The van der Waals surface area contributed by atoms with E-state index in [4.69, 9.17) is 5.73 Å². The number of nitrogens with one attached hydrogen (secondary N) is 1. The number of nitrogens with zero attached hydrogens (tertiary/aromatic N) is 2. The number of aromatic amines is 1. The monoisotopic (exact) mass is 282 g/mol. The lowest BCUT2D eigenvalue weighted by Gasteiger charge is -2.12. The maximum absolute atomic E-state index is 13.9. The second-order valence-corrected chi connectivity index (χ2v) is 5.08. The van der Waals surface area contributed by atoms with Gasteiger partial charge in [0.25, 0.3) is 0 Å². The Labute approximate surface area is 114 Å². The van der Waals surface area contributed by atoms with Crippen LogP contribution in [0.5, 0.6) is 0 Å². The number of aromatic nitrogens is 3. The molecule has 2 aromatic rings. The standard InChI is InChI=1S/C12H15FN4OS/c1-3-17-11(18)15-16-12(17)19-10-8(7(2)14)5-4-6-9(10)13/h4-7H,3,14H2,1-2H3,(H,15,18). The Morgan fingerprint density at radius 3 is 2.95 bits per heavy atom. The lowest BCUT2D eigenvalue weighted by molar-refractivity contribution is 0.589. The van der Waals surface area contributed by atoms with Crippen LogP contribution in [-0.4, -0.2) is 14.8 Å². The summed E-state index contributed by atoms with van der Waals surface area (Å²) in [4.78, 5) is 11.9. The number of benzene rings is 1. The second kappa shape index (κ2) is 5.58. The lowest BCUT2D eigenvalue weighted by atomic mass is 10.1. The van der Waals surface area contributed by atoms with Gasteiger partial charge in [-0.2, -0.15) is 0 Å². The molecule has 1 aromatic carbocycles. The van der Waals surface area contributed by atoms with Crippen molar-refractivity contribution in [1.82, 2.24) is 14.8 Å². The van der Waals surface area contributed by atoms with Crippen LogP contribution in [0.3, 0.4) is 0 Å². The van der Waals surface area contributed by atoms with E-state index < -0.39 is 0 Å². The van der Waals surface area contributed by atoms with Crippen LogP contribution in [0.15, 0.2) is 33.0 Å². The molecular formula is C12H15FN4OS.